The fourth-order valence-corrected chi connectivity index (χ4v) is 1.99. The third-order valence-electron chi connectivity index (χ3n) is 3.21. The van der Waals surface area contributed by atoms with Gasteiger partial charge in [0.2, 0.25) is 0 Å². The van der Waals surface area contributed by atoms with Gasteiger partial charge >= 0.3 is 0 Å². The van der Waals surface area contributed by atoms with Gasteiger partial charge in [0.15, 0.2) is 0 Å². The summed E-state index contributed by atoms with van der Waals surface area (Å²) in [5, 5.41) is 3.49. The lowest BCUT2D eigenvalue weighted by molar-refractivity contribution is 0.303. The highest BCUT2D eigenvalue weighted by molar-refractivity contribution is 5.28. The minimum absolute atomic E-state index is 0.491. The van der Waals surface area contributed by atoms with Gasteiger partial charge in [-0.3, -0.25) is 0 Å². The molecular formula is C16H25NO. The van der Waals surface area contributed by atoms with E-state index in [0.717, 1.165) is 18.7 Å². The van der Waals surface area contributed by atoms with E-state index in [2.05, 4.69) is 50.4 Å². The molecule has 2 nitrogen and oxygen atoms in total. The van der Waals surface area contributed by atoms with Crippen LogP contribution in [0.5, 0.6) is 5.75 Å². The molecule has 1 N–H and O–H groups in total. The molecule has 0 aliphatic heterocycles. The quantitative estimate of drug-likeness (QED) is 0.797. The second kappa shape index (κ2) is 6.24. The number of rotatable bonds is 7. The molecule has 0 spiro atoms. The third kappa shape index (κ3) is 4.69. The minimum Gasteiger partial charge on any atom is -0.490 e. The van der Waals surface area contributed by atoms with E-state index in [9.17, 15) is 0 Å². The van der Waals surface area contributed by atoms with Gasteiger partial charge in [0.05, 0.1) is 6.10 Å². The maximum Gasteiger partial charge on any atom is 0.119 e. The van der Waals surface area contributed by atoms with Gasteiger partial charge in [-0.15, -0.1) is 0 Å². The van der Waals surface area contributed by atoms with Crippen molar-refractivity contribution in [3.05, 3.63) is 29.8 Å². The highest BCUT2D eigenvalue weighted by Gasteiger charge is 2.23. The first-order chi connectivity index (χ1) is 8.63. The lowest BCUT2D eigenvalue weighted by atomic mass is 10.0. The van der Waals surface area contributed by atoms with Crippen molar-refractivity contribution in [1.29, 1.82) is 0 Å². The summed E-state index contributed by atoms with van der Waals surface area (Å²) in [6, 6.07) is 9.18. The summed E-state index contributed by atoms with van der Waals surface area (Å²) in [6.45, 7) is 7.76. The fraction of sp³-hybridized carbons (Fsp3) is 0.625. The van der Waals surface area contributed by atoms with Crippen LogP contribution in [0.3, 0.4) is 0 Å². The van der Waals surface area contributed by atoms with E-state index in [0.29, 0.717) is 18.1 Å². The van der Waals surface area contributed by atoms with E-state index in [1.54, 1.807) is 0 Å². The molecule has 1 aromatic carbocycles. The van der Waals surface area contributed by atoms with Crippen molar-refractivity contribution in [1.82, 2.24) is 5.32 Å². The standard InChI is InChI=1S/C16H25NO/c1-12(2)17-11-13(3)10-14-4-6-15(7-5-14)18-16-8-9-16/h4-7,12-13,16-17H,8-11H2,1-3H3. The normalized spacial score (nSPS) is 16.9. The minimum atomic E-state index is 0.491. The highest BCUT2D eigenvalue weighted by Crippen LogP contribution is 2.26. The van der Waals surface area contributed by atoms with Crippen LogP contribution in [-0.2, 0) is 6.42 Å². The Morgan fingerprint density at radius 1 is 1.17 bits per heavy atom. The van der Waals surface area contributed by atoms with Crippen LogP contribution in [0, 0.1) is 5.92 Å². The molecule has 0 saturated heterocycles. The average molecular weight is 247 g/mol. The summed E-state index contributed by atoms with van der Waals surface area (Å²) in [7, 11) is 0. The predicted octanol–water partition coefficient (Wildman–Crippen LogP) is 3.40. The molecular weight excluding hydrogens is 222 g/mol. The number of benzene rings is 1. The number of hydrogen-bond acceptors (Lipinski definition) is 2. The van der Waals surface area contributed by atoms with Gasteiger partial charge in [-0.1, -0.05) is 32.9 Å². The van der Waals surface area contributed by atoms with E-state index in [1.165, 1.54) is 18.4 Å². The van der Waals surface area contributed by atoms with E-state index in [4.69, 9.17) is 4.74 Å². The van der Waals surface area contributed by atoms with Crippen molar-refractivity contribution in [2.75, 3.05) is 6.54 Å². The van der Waals surface area contributed by atoms with Crippen LogP contribution in [0.4, 0.5) is 0 Å². The van der Waals surface area contributed by atoms with E-state index < -0.39 is 0 Å². The summed E-state index contributed by atoms with van der Waals surface area (Å²) in [4.78, 5) is 0. The smallest absolute Gasteiger partial charge is 0.119 e. The second-order valence-electron chi connectivity index (χ2n) is 5.83. The maximum atomic E-state index is 5.75. The van der Waals surface area contributed by atoms with Crippen LogP contribution in [0.1, 0.15) is 39.2 Å². The molecule has 1 aliphatic rings. The van der Waals surface area contributed by atoms with Gasteiger partial charge in [-0.2, -0.15) is 0 Å². The highest BCUT2D eigenvalue weighted by atomic mass is 16.5. The maximum absolute atomic E-state index is 5.75. The van der Waals surface area contributed by atoms with Gasteiger partial charge in [-0.25, -0.2) is 0 Å². The van der Waals surface area contributed by atoms with Crippen molar-refractivity contribution in [3.63, 3.8) is 0 Å². The molecule has 0 amide bonds. The third-order valence-corrected chi connectivity index (χ3v) is 3.21. The summed E-state index contributed by atoms with van der Waals surface area (Å²) in [6.07, 6.45) is 4.06. The summed E-state index contributed by atoms with van der Waals surface area (Å²) >= 11 is 0. The van der Waals surface area contributed by atoms with Crippen LogP contribution in [-0.4, -0.2) is 18.7 Å². The lowest BCUT2D eigenvalue weighted by Crippen LogP contribution is -2.28. The molecule has 1 fully saturated rings. The Labute approximate surface area is 111 Å². The molecule has 100 valence electrons. The van der Waals surface area contributed by atoms with Gasteiger partial charge in [-0.05, 0) is 49.4 Å². The Balaban J connectivity index is 1.77. The molecule has 1 atom stereocenters. The fourth-order valence-electron chi connectivity index (χ4n) is 1.99. The molecule has 1 saturated carbocycles. The summed E-state index contributed by atoms with van der Waals surface area (Å²) < 4.78 is 5.75. The van der Waals surface area contributed by atoms with Crippen molar-refractivity contribution < 1.29 is 4.74 Å². The number of ether oxygens (including phenoxy) is 1. The van der Waals surface area contributed by atoms with Crippen LogP contribution < -0.4 is 10.1 Å². The SMILES string of the molecule is CC(CNC(C)C)Cc1ccc(OC2CC2)cc1. The van der Waals surface area contributed by atoms with Crippen LogP contribution in [0.25, 0.3) is 0 Å². The van der Waals surface area contributed by atoms with Gasteiger partial charge < -0.3 is 10.1 Å². The topological polar surface area (TPSA) is 21.3 Å². The van der Waals surface area contributed by atoms with Gasteiger partial charge in [0.1, 0.15) is 5.75 Å². The number of hydrogen-bond donors (Lipinski definition) is 1. The molecule has 1 aromatic rings. The monoisotopic (exact) mass is 247 g/mol. The van der Waals surface area contributed by atoms with Crippen LogP contribution in [0.15, 0.2) is 24.3 Å². The summed E-state index contributed by atoms with van der Waals surface area (Å²) in [5.41, 5.74) is 1.40. The number of nitrogens with one attached hydrogen (secondary N) is 1. The molecule has 0 aromatic heterocycles. The first-order valence-corrected chi connectivity index (χ1v) is 7.12. The molecule has 1 unspecified atom stereocenters. The Kier molecular flexibility index (Phi) is 4.65. The molecule has 2 rings (SSSR count). The molecule has 0 radical (unpaired) electrons. The van der Waals surface area contributed by atoms with E-state index in [-0.39, 0.29) is 0 Å². The zero-order chi connectivity index (χ0) is 13.0. The van der Waals surface area contributed by atoms with Crippen LogP contribution in [0.2, 0.25) is 0 Å². The molecule has 2 heteroatoms. The Morgan fingerprint density at radius 3 is 2.39 bits per heavy atom. The Hall–Kier alpha value is -1.02. The van der Waals surface area contributed by atoms with E-state index >= 15 is 0 Å². The molecule has 1 aliphatic carbocycles. The van der Waals surface area contributed by atoms with E-state index in [1.807, 2.05) is 0 Å². The van der Waals surface area contributed by atoms with Crippen molar-refractivity contribution in [2.45, 2.75) is 52.2 Å². The Bertz CT molecular complexity index is 354. The van der Waals surface area contributed by atoms with Crippen molar-refractivity contribution >= 4 is 0 Å². The lowest BCUT2D eigenvalue weighted by Gasteiger charge is -2.15. The first-order valence-electron chi connectivity index (χ1n) is 7.12. The van der Waals surface area contributed by atoms with Gasteiger partial charge in [0.25, 0.3) is 0 Å². The molecule has 0 heterocycles. The van der Waals surface area contributed by atoms with Gasteiger partial charge in [0, 0.05) is 6.04 Å². The van der Waals surface area contributed by atoms with Crippen molar-refractivity contribution in [3.8, 4) is 5.75 Å². The molecule has 18 heavy (non-hydrogen) atoms. The van der Waals surface area contributed by atoms with Crippen molar-refractivity contribution in [2.24, 2.45) is 5.92 Å². The van der Waals surface area contributed by atoms with Crippen LogP contribution >= 0.6 is 0 Å². The average Bonchev–Trinajstić information content (AvgIpc) is 3.13. The first kappa shape index (κ1) is 13.4. The Morgan fingerprint density at radius 2 is 1.83 bits per heavy atom. The zero-order valence-corrected chi connectivity index (χ0v) is 11.8. The molecule has 0 bridgehead atoms. The predicted molar refractivity (Wildman–Crippen MR) is 76.1 cm³/mol. The largest absolute Gasteiger partial charge is 0.490 e. The second-order valence-corrected chi connectivity index (χ2v) is 5.83. The summed E-state index contributed by atoms with van der Waals surface area (Å²) in [5.74, 6) is 1.69. The zero-order valence-electron chi connectivity index (χ0n) is 11.8.